The molecule has 0 aromatic heterocycles. The van der Waals surface area contributed by atoms with Crippen LogP contribution in [0.5, 0.6) is 11.5 Å². The Kier molecular flexibility index (Phi) is 3.11. The number of hydrogen-bond donors (Lipinski definition) is 3. The average molecular weight is 222 g/mol. The molecule has 1 aromatic carbocycles. The predicted molar refractivity (Wildman–Crippen MR) is 61.7 cm³/mol. The lowest BCUT2D eigenvalue weighted by molar-refractivity contribution is 0.171. The number of guanidine groups is 1. The van der Waals surface area contributed by atoms with Crippen molar-refractivity contribution < 1.29 is 9.47 Å². The van der Waals surface area contributed by atoms with Crippen LogP contribution in [0.15, 0.2) is 23.2 Å². The molecule has 1 aromatic rings. The summed E-state index contributed by atoms with van der Waals surface area (Å²) in [4.78, 5) is 3.91. The van der Waals surface area contributed by atoms with E-state index in [9.17, 15) is 0 Å². The van der Waals surface area contributed by atoms with E-state index in [0.717, 1.165) is 17.2 Å². The molecular formula is C10H14N4O2. The maximum atomic E-state index is 5.46. The summed E-state index contributed by atoms with van der Waals surface area (Å²) in [5, 5.41) is 3.01. The van der Waals surface area contributed by atoms with Crippen LogP contribution >= 0.6 is 0 Å². The van der Waals surface area contributed by atoms with Gasteiger partial charge in [-0.25, -0.2) is 5.84 Å². The number of benzene rings is 1. The van der Waals surface area contributed by atoms with Gasteiger partial charge < -0.3 is 14.8 Å². The number of nitrogens with zero attached hydrogens (tertiary/aromatic N) is 1. The Balaban J connectivity index is 2.17. The highest BCUT2D eigenvalue weighted by Crippen LogP contribution is 2.32. The van der Waals surface area contributed by atoms with Crippen molar-refractivity contribution >= 4 is 11.6 Å². The molecule has 0 bridgehead atoms. The normalized spacial score (nSPS) is 14.5. The second-order valence-electron chi connectivity index (χ2n) is 3.20. The van der Waals surface area contributed by atoms with Gasteiger partial charge in [-0.2, -0.15) is 0 Å². The van der Waals surface area contributed by atoms with E-state index in [2.05, 4.69) is 15.7 Å². The lowest BCUT2D eigenvalue weighted by atomic mass is 10.2. The minimum atomic E-state index is 0.483. The molecule has 1 heterocycles. The predicted octanol–water partition coefficient (Wildman–Crippen LogP) is 0.319. The topological polar surface area (TPSA) is 80.9 Å². The van der Waals surface area contributed by atoms with Gasteiger partial charge >= 0.3 is 0 Å². The van der Waals surface area contributed by atoms with Crippen molar-refractivity contribution in [2.24, 2.45) is 10.8 Å². The summed E-state index contributed by atoms with van der Waals surface area (Å²) in [6.45, 7) is 1.16. The maximum Gasteiger partial charge on any atom is 0.209 e. The Bertz CT molecular complexity index is 406. The van der Waals surface area contributed by atoms with Gasteiger partial charge in [-0.05, 0) is 12.1 Å². The van der Waals surface area contributed by atoms with Gasteiger partial charge in [0, 0.05) is 18.8 Å². The van der Waals surface area contributed by atoms with Crippen LogP contribution < -0.4 is 26.1 Å². The van der Waals surface area contributed by atoms with Gasteiger partial charge in [0.1, 0.15) is 13.2 Å². The third kappa shape index (κ3) is 2.17. The average Bonchev–Trinajstić information content (AvgIpc) is 2.35. The zero-order valence-electron chi connectivity index (χ0n) is 8.99. The molecule has 86 valence electrons. The summed E-state index contributed by atoms with van der Waals surface area (Å²) < 4.78 is 10.9. The molecule has 0 aliphatic carbocycles. The molecule has 0 saturated carbocycles. The number of aliphatic imine (C=N–C) groups is 1. The number of hydrogen-bond acceptors (Lipinski definition) is 4. The van der Waals surface area contributed by atoms with E-state index in [-0.39, 0.29) is 0 Å². The van der Waals surface area contributed by atoms with Crippen LogP contribution in [0, 0.1) is 0 Å². The van der Waals surface area contributed by atoms with Crippen LogP contribution in [-0.4, -0.2) is 26.2 Å². The first-order valence-electron chi connectivity index (χ1n) is 4.93. The number of anilines is 1. The van der Waals surface area contributed by atoms with Crippen molar-refractivity contribution in [1.82, 2.24) is 5.43 Å². The highest BCUT2D eigenvalue weighted by Gasteiger charge is 2.11. The Morgan fingerprint density at radius 2 is 2.06 bits per heavy atom. The van der Waals surface area contributed by atoms with Crippen molar-refractivity contribution in [2.75, 3.05) is 25.6 Å². The van der Waals surface area contributed by atoms with Gasteiger partial charge in [0.05, 0.1) is 0 Å². The Morgan fingerprint density at radius 1 is 1.31 bits per heavy atom. The molecular weight excluding hydrogens is 208 g/mol. The number of rotatable bonds is 1. The zero-order chi connectivity index (χ0) is 11.4. The Morgan fingerprint density at radius 3 is 2.75 bits per heavy atom. The van der Waals surface area contributed by atoms with Crippen LogP contribution in [0.25, 0.3) is 0 Å². The number of nitrogens with one attached hydrogen (secondary N) is 2. The standard InChI is InChI=1S/C10H14N4O2/c1-12-10(14-11)13-7-2-3-8-9(6-7)16-5-4-15-8/h2-3,6H,4-5,11H2,1H3,(H2,12,13,14). The fourth-order valence-electron chi connectivity index (χ4n) is 1.41. The smallest absolute Gasteiger partial charge is 0.209 e. The van der Waals surface area contributed by atoms with Gasteiger partial charge in [0.25, 0.3) is 0 Å². The van der Waals surface area contributed by atoms with Gasteiger partial charge in [0.2, 0.25) is 5.96 Å². The highest BCUT2D eigenvalue weighted by atomic mass is 16.6. The fraction of sp³-hybridized carbons (Fsp3) is 0.300. The number of hydrazine groups is 1. The molecule has 0 fully saturated rings. The quantitative estimate of drug-likeness (QED) is 0.276. The molecule has 1 aliphatic rings. The van der Waals surface area contributed by atoms with E-state index in [0.29, 0.717) is 19.2 Å². The molecule has 2 rings (SSSR count). The Labute approximate surface area is 93.4 Å². The summed E-state index contributed by atoms with van der Waals surface area (Å²) in [7, 11) is 1.64. The van der Waals surface area contributed by atoms with E-state index < -0.39 is 0 Å². The third-order valence-electron chi connectivity index (χ3n) is 2.17. The summed E-state index contributed by atoms with van der Waals surface area (Å²) in [6, 6.07) is 5.56. The first kappa shape index (κ1) is 10.6. The molecule has 0 atom stereocenters. The van der Waals surface area contributed by atoms with E-state index in [1.807, 2.05) is 18.2 Å². The van der Waals surface area contributed by atoms with Crippen molar-refractivity contribution in [3.05, 3.63) is 18.2 Å². The SMILES string of the molecule is CN=C(NN)Nc1ccc2c(c1)OCCO2. The highest BCUT2D eigenvalue weighted by molar-refractivity contribution is 5.93. The molecule has 6 nitrogen and oxygen atoms in total. The number of ether oxygens (including phenoxy) is 2. The van der Waals surface area contributed by atoms with E-state index in [1.54, 1.807) is 7.05 Å². The van der Waals surface area contributed by atoms with Gasteiger partial charge in [-0.3, -0.25) is 10.4 Å². The molecule has 0 spiro atoms. The second-order valence-corrected chi connectivity index (χ2v) is 3.20. The molecule has 1 aliphatic heterocycles. The van der Waals surface area contributed by atoms with E-state index in [1.165, 1.54) is 0 Å². The summed E-state index contributed by atoms with van der Waals surface area (Å²) in [5.74, 6) is 7.24. The lowest BCUT2D eigenvalue weighted by Gasteiger charge is -2.19. The molecule has 0 saturated heterocycles. The van der Waals surface area contributed by atoms with Crippen LogP contribution in [0.1, 0.15) is 0 Å². The largest absolute Gasteiger partial charge is 0.486 e. The minimum absolute atomic E-state index is 0.483. The van der Waals surface area contributed by atoms with Crippen molar-refractivity contribution in [1.29, 1.82) is 0 Å². The summed E-state index contributed by atoms with van der Waals surface area (Å²) in [5.41, 5.74) is 3.28. The minimum Gasteiger partial charge on any atom is -0.486 e. The van der Waals surface area contributed by atoms with Crippen molar-refractivity contribution in [3.8, 4) is 11.5 Å². The lowest BCUT2D eigenvalue weighted by Crippen LogP contribution is -2.36. The molecule has 0 unspecified atom stereocenters. The van der Waals surface area contributed by atoms with Crippen LogP contribution in [-0.2, 0) is 0 Å². The van der Waals surface area contributed by atoms with Gasteiger partial charge in [0.15, 0.2) is 11.5 Å². The summed E-state index contributed by atoms with van der Waals surface area (Å²) >= 11 is 0. The van der Waals surface area contributed by atoms with Gasteiger partial charge in [-0.15, -0.1) is 0 Å². The molecule has 0 radical (unpaired) electrons. The van der Waals surface area contributed by atoms with Gasteiger partial charge in [-0.1, -0.05) is 0 Å². The van der Waals surface area contributed by atoms with E-state index in [4.69, 9.17) is 15.3 Å². The molecule has 6 heteroatoms. The first-order valence-corrected chi connectivity index (χ1v) is 4.93. The number of fused-ring (bicyclic) bond motifs is 1. The molecule has 4 N–H and O–H groups in total. The maximum absolute atomic E-state index is 5.46. The number of nitrogens with two attached hydrogens (primary N) is 1. The second kappa shape index (κ2) is 4.71. The van der Waals surface area contributed by atoms with Crippen molar-refractivity contribution in [2.45, 2.75) is 0 Å². The molecule has 0 amide bonds. The fourth-order valence-corrected chi connectivity index (χ4v) is 1.41. The summed E-state index contributed by atoms with van der Waals surface area (Å²) in [6.07, 6.45) is 0. The Hall–Kier alpha value is -1.95. The van der Waals surface area contributed by atoms with Crippen LogP contribution in [0.4, 0.5) is 5.69 Å². The monoisotopic (exact) mass is 222 g/mol. The molecule has 16 heavy (non-hydrogen) atoms. The zero-order valence-corrected chi connectivity index (χ0v) is 8.99. The third-order valence-corrected chi connectivity index (χ3v) is 2.17. The first-order chi connectivity index (χ1) is 7.83. The van der Waals surface area contributed by atoms with E-state index >= 15 is 0 Å². The van der Waals surface area contributed by atoms with Crippen LogP contribution in [0.2, 0.25) is 0 Å². The van der Waals surface area contributed by atoms with Crippen molar-refractivity contribution in [3.63, 3.8) is 0 Å². The van der Waals surface area contributed by atoms with Crippen LogP contribution in [0.3, 0.4) is 0 Å².